The van der Waals surface area contributed by atoms with Gasteiger partial charge in [0.1, 0.15) is 36.6 Å². The molecular weight excluding hydrogens is 408 g/mol. The average molecular weight is 441 g/mol. The molecule has 0 bridgehead atoms. The maximum Gasteiger partial charge on any atom is 0.169 e. The second kappa shape index (κ2) is 9.59. The fraction of sp³-hybridized carbons (Fsp3) is 0.538. The Morgan fingerprint density at radius 2 is 1.12 bits per heavy atom. The first-order valence-electron chi connectivity index (χ1n) is 11.7. The number of hydrogen-bond donors (Lipinski definition) is 2. The molecule has 3 unspecified atom stereocenters. The largest absolute Gasteiger partial charge is 0.387 e. The quantitative estimate of drug-likeness (QED) is 0.718. The van der Waals surface area contributed by atoms with Crippen molar-refractivity contribution in [2.75, 3.05) is 0 Å². The summed E-state index contributed by atoms with van der Waals surface area (Å²) in [4.78, 5) is 0. The molecule has 2 aromatic carbocycles. The summed E-state index contributed by atoms with van der Waals surface area (Å²) in [6.07, 6.45) is 0.174. The molecule has 2 N–H and O–H groups in total. The minimum absolute atomic E-state index is 0.324. The highest BCUT2D eigenvalue weighted by atomic mass is 16.8. The summed E-state index contributed by atoms with van der Waals surface area (Å²) in [6, 6.07) is 19.6. The van der Waals surface area contributed by atoms with E-state index in [4.69, 9.17) is 18.9 Å². The molecule has 6 heteroatoms. The van der Waals surface area contributed by atoms with Gasteiger partial charge in [-0.1, -0.05) is 67.1 Å². The van der Waals surface area contributed by atoms with Crippen LogP contribution in [0.15, 0.2) is 60.7 Å². The predicted octanol–water partition coefficient (Wildman–Crippen LogP) is 3.34. The van der Waals surface area contributed by atoms with Crippen LogP contribution in [-0.4, -0.2) is 52.6 Å². The summed E-state index contributed by atoms with van der Waals surface area (Å²) in [5.74, 6) is -0.680. The Balaban J connectivity index is 1.36. The molecule has 0 amide bonds. The van der Waals surface area contributed by atoms with Crippen LogP contribution in [0.25, 0.3) is 0 Å². The summed E-state index contributed by atoms with van der Waals surface area (Å²) in [7, 11) is 0. The van der Waals surface area contributed by atoms with E-state index in [0.29, 0.717) is 13.2 Å². The molecule has 0 aromatic heterocycles. The van der Waals surface area contributed by atoms with Crippen molar-refractivity contribution >= 4 is 0 Å². The third kappa shape index (κ3) is 4.49. The highest BCUT2D eigenvalue weighted by molar-refractivity contribution is 5.15. The topological polar surface area (TPSA) is 77.4 Å². The normalized spacial score (nSPS) is 33.8. The Morgan fingerprint density at radius 3 is 1.56 bits per heavy atom. The third-order valence-corrected chi connectivity index (χ3v) is 6.88. The Labute approximate surface area is 189 Å². The third-order valence-electron chi connectivity index (χ3n) is 6.88. The zero-order valence-electron chi connectivity index (χ0n) is 18.2. The molecule has 1 saturated heterocycles. The monoisotopic (exact) mass is 440 g/mol. The first kappa shape index (κ1) is 22.0. The van der Waals surface area contributed by atoms with Crippen LogP contribution in [0.5, 0.6) is 0 Å². The SMILES string of the molecule is OC1[C@H](O)C(OCc2ccccc2)C2OC3(CCCCC3)O[C@@H]2[C@H]1OCc1ccccc1. The summed E-state index contributed by atoms with van der Waals surface area (Å²) in [5, 5.41) is 22.1. The first-order valence-corrected chi connectivity index (χ1v) is 11.7. The molecule has 6 nitrogen and oxygen atoms in total. The second-order valence-corrected chi connectivity index (χ2v) is 9.14. The predicted molar refractivity (Wildman–Crippen MR) is 118 cm³/mol. The molecule has 32 heavy (non-hydrogen) atoms. The van der Waals surface area contributed by atoms with E-state index in [1.807, 2.05) is 60.7 Å². The van der Waals surface area contributed by atoms with Crippen molar-refractivity contribution < 1.29 is 29.2 Å². The maximum atomic E-state index is 11.0. The minimum Gasteiger partial charge on any atom is -0.387 e. The zero-order valence-corrected chi connectivity index (χ0v) is 18.2. The molecule has 2 saturated carbocycles. The number of hydrogen-bond acceptors (Lipinski definition) is 6. The van der Waals surface area contributed by atoms with Gasteiger partial charge in [0.25, 0.3) is 0 Å². The molecule has 3 fully saturated rings. The molecule has 2 aliphatic carbocycles. The van der Waals surface area contributed by atoms with Crippen LogP contribution in [-0.2, 0) is 32.2 Å². The zero-order chi connectivity index (χ0) is 22.0. The first-order chi connectivity index (χ1) is 15.7. The van der Waals surface area contributed by atoms with E-state index < -0.39 is 42.4 Å². The summed E-state index contributed by atoms with van der Waals surface area (Å²) in [6.45, 7) is 0.648. The average Bonchev–Trinajstić information content (AvgIpc) is 3.19. The number of rotatable bonds is 6. The number of aliphatic hydroxyl groups excluding tert-OH is 2. The fourth-order valence-corrected chi connectivity index (χ4v) is 5.19. The van der Waals surface area contributed by atoms with Gasteiger partial charge in [-0.3, -0.25) is 0 Å². The minimum atomic E-state index is -1.14. The van der Waals surface area contributed by atoms with Crippen molar-refractivity contribution in [2.45, 2.75) is 87.7 Å². The molecule has 3 aliphatic rings. The van der Waals surface area contributed by atoms with E-state index >= 15 is 0 Å². The fourth-order valence-electron chi connectivity index (χ4n) is 5.19. The lowest BCUT2D eigenvalue weighted by Gasteiger charge is -2.43. The van der Waals surface area contributed by atoms with Crippen LogP contribution in [0.1, 0.15) is 43.2 Å². The Kier molecular flexibility index (Phi) is 6.60. The van der Waals surface area contributed by atoms with Crippen molar-refractivity contribution in [1.82, 2.24) is 0 Å². The Bertz CT molecular complexity index is 788. The summed E-state index contributed by atoms with van der Waals surface area (Å²) < 4.78 is 25.3. The van der Waals surface area contributed by atoms with Gasteiger partial charge in [-0.15, -0.1) is 0 Å². The van der Waals surface area contributed by atoms with Crippen LogP contribution < -0.4 is 0 Å². The molecule has 1 spiro atoms. The standard InChI is InChI=1S/C26H32O6/c27-20-21(28)23(30-17-19-12-6-2-7-13-19)25-24(31-26(32-25)14-8-3-9-15-26)22(20)29-16-18-10-4-1-5-11-18/h1-2,4-7,10-13,20-25,27-28H,3,8-9,14-17H2/t20-,21?,22?,23-,24?,25+/m0/s1. The number of aliphatic hydroxyl groups is 2. The van der Waals surface area contributed by atoms with Crippen LogP contribution in [0.2, 0.25) is 0 Å². The summed E-state index contributed by atoms with van der Waals surface area (Å²) in [5.41, 5.74) is 2.00. The van der Waals surface area contributed by atoms with Crippen molar-refractivity contribution in [1.29, 1.82) is 0 Å². The lowest BCUT2D eigenvalue weighted by molar-refractivity contribution is -0.223. The van der Waals surface area contributed by atoms with Crippen molar-refractivity contribution in [2.24, 2.45) is 0 Å². The van der Waals surface area contributed by atoms with Gasteiger partial charge in [0, 0.05) is 12.8 Å². The molecular formula is C26H32O6. The Hall–Kier alpha value is -1.80. The van der Waals surface area contributed by atoms with Gasteiger partial charge in [-0.25, -0.2) is 0 Å². The van der Waals surface area contributed by atoms with Crippen molar-refractivity contribution in [3.63, 3.8) is 0 Å². The van der Waals surface area contributed by atoms with Crippen LogP contribution >= 0.6 is 0 Å². The number of fused-ring (bicyclic) bond motifs is 1. The lowest BCUT2D eigenvalue weighted by Crippen LogP contribution is -2.63. The van der Waals surface area contributed by atoms with Gasteiger partial charge in [0.2, 0.25) is 0 Å². The molecule has 5 rings (SSSR count). The lowest BCUT2D eigenvalue weighted by atomic mass is 9.84. The molecule has 2 aromatic rings. The van der Waals surface area contributed by atoms with Gasteiger partial charge in [0.05, 0.1) is 13.2 Å². The molecule has 1 heterocycles. The van der Waals surface area contributed by atoms with Gasteiger partial charge in [0.15, 0.2) is 5.79 Å². The van der Waals surface area contributed by atoms with Gasteiger partial charge in [-0.05, 0) is 24.0 Å². The summed E-state index contributed by atoms with van der Waals surface area (Å²) >= 11 is 0. The molecule has 172 valence electrons. The molecule has 0 radical (unpaired) electrons. The van der Waals surface area contributed by atoms with Crippen LogP contribution in [0.4, 0.5) is 0 Å². The van der Waals surface area contributed by atoms with Crippen LogP contribution in [0, 0.1) is 0 Å². The maximum absolute atomic E-state index is 11.0. The van der Waals surface area contributed by atoms with E-state index in [1.165, 1.54) is 0 Å². The van der Waals surface area contributed by atoms with E-state index in [0.717, 1.165) is 43.2 Å². The van der Waals surface area contributed by atoms with E-state index in [-0.39, 0.29) is 0 Å². The molecule has 1 aliphatic heterocycles. The number of ether oxygens (including phenoxy) is 4. The van der Waals surface area contributed by atoms with E-state index in [1.54, 1.807) is 0 Å². The van der Waals surface area contributed by atoms with Gasteiger partial charge < -0.3 is 29.2 Å². The Morgan fingerprint density at radius 1 is 0.688 bits per heavy atom. The van der Waals surface area contributed by atoms with Gasteiger partial charge >= 0.3 is 0 Å². The van der Waals surface area contributed by atoms with Crippen LogP contribution in [0.3, 0.4) is 0 Å². The smallest absolute Gasteiger partial charge is 0.169 e. The van der Waals surface area contributed by atoms with Crippen molar-refractivity contribution in [3.8, 4) is 0 Å². The second-order valence-electron chi connectivity index (χ2n) is 9.14. The van der Waals surface area contributed by atoms with Crippen molar-refractivity contribution in [3.05, 3.63) is 71.8 Å². The molecule has 6 atom stereocenters. The highest BCUT2D eigenvalue weighted by Crippen LogP contribution is 2.46. The number of benzene rings is 2. The highest BCUT2D eigenvalue weighted by Gasteiger charge is 2.61. The van der Waals surface area contributed by atoms with Gasteiger partial charge in [-0.2, -0.15) is 0 Å². The van der Waals surface area contributed by atoms with E-state index in [9.17, 15) is 10.2 Å². The van der Waals surface area contributed by atoms with E-state index in [2.05, 4.69) is 0 Å².